The van der Waals surface area contributed by atoms with Gasteiger partial charge in [0.2, 0.25) is 0 Å². The van der Waals surface area contributed by atoms with Crippen molar-refractivity contribution in [2.45, 2.75) is 26.3 Å². The Labute approximate surface area is 75.4 Å². The average molecular weight is 219 g/mol. The Bertz CT molecular complexity index is 263. The lowest BCUT2D eigenvalue weighted by Gasteiger charge is -2.19. The molecule has 7 heteroatoms. The van der Waals surface area contributed by atoms with Gasteiger partial charge >= 0.3 is 15.5 Å². The van der Waals surface area contributed by atoms with Crippen LogP contribution in [0.3, 0.4) is 0 Å². The van der Waals surface area contributed by atoms with Gasteiger partial charge < -0.3 is 0 Å². The molecule has 0 aliphatic carbocycles. The molecule has 0 fully saturated rings. The Balaban J connectivity index is 4.40. The third-order valence-corrected chi connectivity index (χ3v) is 2.23. The summed E-state index contributed by atoms with van der Waals surface area (Å²) in [5.41, 5.74) is -5.74. The number of rotatable bonds is 2. The molecule has 0 rings (SSSR count). The molecule has 1 N–H and O–H groups in total. The Morgan fingerprint density at radius 1 is 1.15 bits per heavy atom. The number of sulfonamides is 1. The normalized spacial score (nSPS) is 14.6. The van der Waals surface area contributed by atoms with Crippen LogP contribution in [0.4, 0.5) is 13.2 Å². The Hall–Kier alpha value is -0.300. The van der Waals surface area contributed by atoms with Gasteiger partial charge in [-0.2, -0.15) is 13.2 Å². The first-order valence-electron chi connectivity index (χ1n) is 3.52. The minimum atomic E-state index is -5.22. The van der Waals surface area contributed by atoms with E-state index in [0.717, 1.165) is 0 Å². The third kappa shape index (κ3) is 4.47. The summed E-state index contributed by atoms with van der Waals surface area (Å²) in [6, 6.07) is 0. The van der Waals surface area contributed by atoms with Crippen molar-refractivity contribution in [3.8, 4) is 0 Å². The van der Waals surface area contributed by atoms with Gasteiger partial charge in [-0.1, -0.05) is 20.8 Å². The summed E-state index contributed by atoms with van der Waals surface area (Å²) in [5.74, 6) is 0. The van der Waals surface area contributed by atoms with Crippen LogP contribution in [-0.2, 0) is 10.0 Å². The van der Waals surface area contributed by atoms with Crippen molar-refractivity contribution < 1.29 is 21.6 Å². The number of halogens is 3. The molecule has 80 valence electrons. The maximum Gasteiger partial charge on any atom is 0.511 e. The van der Waals surface area contributed by atoms with E-state index in [0.29, 0.717) is 0 Å². The van der Waals surface area contributed by atoms with Crippen molar-refractivity contribution in [2.24, 2.45) is 5.41 Å². The summed E-state index contributed by atoms with van der Waals surface area (Å²) in [4.78, 5) is 0. The number of nitrogens with one attached hydrogen (secondary N) is 1. The highest BCUT2D eigenvalue weighted by molar-refractivity contribution is 7.90. The fraction of sp³-hybridized carbons (Fsp3) is 1.00. The molecule has 0 saturated carbocycles. The van der Waals surface area contributed by atoms with E-state index in [1.54, 1.807) is 20.8 Å². The van der Waals surface area contributed by atoms with E-state index in [1.807, 2.05) is 0 Å². The van der Waals surface area contributed by atoms with Crippen molar-refractivity contribution in [3.05, 3.63) is 0 Å². The zero-order valence-electron chi connectivity index (χ0n) is 7.57. The first-order chi connectivity index (χ1) is 5.46. The summed E-state index contributed by atoms with van der Waals surface area (Å²) in [6.45, 7) is 4.65. The van der Waals surface area contributed by atoms with Crippen molar-refractivity contribution in [1.82, 2.24) is 4.72 Å². The van der Waals surface area contributed by atoms with Gasteiger partial charge in [-0.25, -0.2) is 13.1 Å². The van der Waals surface area contributed by atoms with Crippen LogP contribution in [0.1, 0.15) is 20.8 Å². The minimum Gasteiger partial charge on any atom is -0.207 e. The summed E-state index contributed by atoms with van der Waals surface area (Å²) in [7, 11) is -5.18. The predicted molar refractivity (Wildman–Crippen MR) is 42.4 cm³/mol. The first kappa shape index (κ1) is 12.7. The van der Waals surface area contributed by atoms with Crippen molar-refractivity contribution >= 4 is 10.0 Å². The highest BCUT2D eigenvalue weighted by Gasteiger charge is 2.45. The van der Waals surface area contributed by atoms with E-state index in [2.05, 4.69) is 0 Å². The molecule has 0 radical (unpaired) electrons. The molecular formula is C6H12F3NO2S. The Kier molecular flexibility index (Phi) is 3.37. The molecule has 0 aliphatic rings. The zero-order chi connectivity index (χ0) is 10.9. The highest BCUT2D eigenvalue weighted by Crippen LogP contribution is 2.22. The van der Waals surface area contributed by atoms with Crippen molar-refractivity contribution in [1.29, 1.82) is 0 Å². The summed E-state index contributed by atoms with van der Waals surface area (Å²) >= 11 is 0. The topological polar surface area (TPSA) is 46.2 Å². The van der Waals surface area contributed by atoms with Crippen LogP contribution in [0.15, 0.2) is 0 Å². The van der Waals surface area contributed by atoms with E-state index < -0.39 is 20.9 Å². The monoisotopic (exact) mass is 219 g/mol. The smallest absolute Gasteiger partial charge is 0.207 e. The van der Waals surface area contributed by atoms with Crippen molar-refractivity contribution in [3.63, 3.8) is 0 Å². The standard InChI is InChI=1S/C6H12F3NO2S/c1-5(2,3)4-10-13(11,12)6(7,8)9/h10H,4H2,1-3H3. The molecule has 0 aromatic carbocycles. The number of hydrogen-bond acceptors (Lipinski definition) is 2. The molecule has 0 aromatic heterocycles. The van der Waals surface area contributed by atoms with Gasteiger partial charge in [-0.3, -0.25) is 0 Å². The Morgan fingerprint density at radius 3 is 1.77 bits per heavy atom. The van der Waals surface area contributed by atoms with Crippen LogP contribution in [0.25, 0.3) is 0 Å². The SMILES string of the molecule is CC(C)(C)CNS(=O)(=O)C(F)(F)F. The quantitative estimate of drug-likeness (QED) is 0.764. The fourth-order valence-electron chi connectivity index (χ4n) is 0.393. The van der Waals surface area contributed by atoms with Gasteiger partial charge in [0.1, 0.15) is 0 Å². The van der Waals surface area contributed by atoms with Crippen LogP contribution >= 0.6 is 0 Å². The molecule has 0 bridgehead atoms. The van der Waals surface area contributed by atoms with Crippen LogP contribution in [0.5, 0.6) is 0 Å². The van der Waals surface area contributed by atoms with Gasteiger partial charge in [0, 0.05) is 6.54 Å². The molecular weight excluding hydrogens is 207 g/mol. The fourth-order valence-corrected chi connectivity index (χ4v) is 1.18. The molecule has 0 saturated heterocycles. The summed E-state index contributed by atoms with van der Waals surface area (Å²) in [5, 5.41) is 0. The van der Waals surface area contributed by atoms with E-state index in [9.17, 15) is 21.6 Å². The van der Waals surface area contributed by atoms with Gasteiger partial charge in [0.05, 0.1) is 0 Å². The van der Waals surface area contributed by atoms with E-state index in [4.69, 9.17) is 0 Å². The maximum absolute atomic E-state index is 11.8. The average Bonchev–Trinajstić information content (AvgIpc) is 1.79. The molecule has 0 heterocycles. The van der Waals surface area contributed by atoms with Gasteiger partial charge in [0.15, 0.2) is 0 Å². The summed E-state index contributed by atoms with van der Waals surface area (Å²) < 4.78 is 57.7. The van der Waals surface area contributed by atoms with Gasteiger partial charge in [-0.15, -0.1) is 0 Å². The second-order valence-corrected chi connectivity index (χ2v) is 5.59. The largest absolute Gasteiger partial charge is 0.511 e. The summed E-state index contributed by atoms with van der Waals surface area (Å²) in [6.07, 6.45) is 0. The van der Waals surface area contributed by atoms with Crippen molar-refractivity contribution in [2.75, 3.05) is 6.54 Å². The lowest BCUT2D eigenvalue weighted by Crippen LogP contribution is -2.40. The minimum absolute atomic E-state index is 0.241. The molecule has 0 unspecified atom stereocenters. The number of alkyl halides is 3. The van der Waals surface area contributed by atoms with Crippen LogP contribution in [-0.4, -0.2) is 20.5 Å². The van der Waals surface area contributed by atoms with E-state index in [-0.39, 0.29) is 6.54 Å². The first-order valence-corrected chi connectivity index (χ1v) is 5.00. The Morgan fingerprint density at radius 2 is 1.54 bits per heavy atom. The molecule has 0 spiro atoms. The van der Waals surface area contributed by atoms with Crippen LogP contribution < -0.4 is 4.72 Å². The lowest BCUT2D eigenvalue weighted by atomic mass is 9.98. The van der Waals surface area contributed by atoms with Gasteiger partial charge in [-0.05, 0) is 5.41 Å². The zero-order valence-corrected chi connectivity index (χ0v) is 8.38. The second-order valence-electron chi connectivity index (χ2n) is 3.83. The van der Waals surface area contributed by atoms with Crippen LogP contribution in [0.2, 0.25) is 0 Å². The molecule has 3 nitrogen and oxygen atoms in total. The molecule has 0 aliphatic heterocycles. The molecule has 0 atom stereocenters. The number of hydrogen-bond donors (Lipinski definition) is 1. The highest BCUT2D eigenvalue weighted by atomic mass is 32.2. The van der Waals surface area contributed by atoms with E-state index >= 15 is 0 Å². The molecule has 0 aromatic rings. The second kappa shape index (κ2) is 3.45. The van der Waals surface area contributed by atoms with Gasteiger partial charge in [0.25, 0.3) is 0 Å². The predicted octanol–water partition coefficient (Wildman–Crippen LogP) is 1.47. The maximum atomic E-state index is 11.8. The molecule has 13 heavy (non-hydrogen) atoms. The third-order valence-electron chi connectivity index (χ3n) is 1.10. The lowest BCUT2D eigenvalue weighted by molar-refractivity contribution is -0.0449. The molecule has 0 amide bonds. The van der Waals surface area contributed by atoms with Crippen LogP contribution in [0, 0.1) is 5.41 Å². The van der Waals surface area contributed by atoms with E-state index in [1.165, 1.54) is 4.72 Å².